The summed E-state index contributed by atoms with van der Waals surface area (Å²) < 4.78 is 5.44. The lowest BCUT2D eigenvalue weighted by molar-refractivity contribution is -0.138. The summed E-state index contributed by atoms with van der Waals surface area (Å²) in [5, 5.41) is -0.218. The number of benzene rings is 1. The quantitative estimate of drug-likeness (QED) is 0.132. The molecule has 1 aromatic carbocycles. The summed E-state index contributed by atoms with van der Waals surface area (Å²) in [6.45, 7) is 6.00. The van der Waals surface area contributed by atoms with Crippen molar-refractivity contribution in [2.45, 2.75) is 90.4 Å². The third-order valence-corrected chi connectivity index (χ3v) is 6.35. The summed E-state index contributed by atoms with van der Waals surface area (Å²) in [5.74, 6) is 0.532. The van der Waals surface area contributed by atoms with Gasteiger partial charge in [-0.25, -0.2) is 9.97 Å². The summed E-state index contributed by atoms with van der Waals surface area (Å²) in [4.78, 5) is 21.2. The molecule has 0 fully saturated rings. The van der Waals surface area contributed by atoms with Crippen LogP contribution in [0.1, 0.15) is 84.1 Å². The Hall–Kier alpha value is -1.94. The second-order valence-electron chi connectivity index (χ2n) is 8.30. The number of hydrogen-bond acceptors (Lipinski definition) is 4. The summed E-state index contributed by atoms with van der Waals surface area (Å²) in [6, 6.07) is 7.29. The average Bonchev–Trinajstić information content (AvgIpc) is 2.80. The maximum absolute atomic E-state index is 12.2. The lowest BCUT2D eigenvalue weighted by Gasteiger charge is -2.15. The van der Waals surface area contributed by atoms with Crippen molar-refractivity contribution >= 4 is 17.6 Å². The third kappa shape index (κ3) is 8.98. The van der Waals surface area contributed by atoms with Gasteiger partial charge in [0, 0.05) is 23.3 Å². The molecule has 1 aromatic heterocycles. The van der Waals surface area contributed by atoms with E-state index in [1.807, 2.05) is 31.5 Å². The van der Waals surface area contributed by atoms with Gasteiger partial charge in [0.1, 0.15) is 5.75 Å². The zero-order chi connectivity index (χ0) is 22.5. The number of aromatic nitrogens is 2. The largest absolute Gasteiger partial charge is 0.426 e. The summed E-state index contributed by atoms with van der Waals surface area (Å²) in [7, 11) is 0. The highest BCUT2D eigenvalue weighted by Crippen LogP contribution is 2.22. The number of nitrogens with zero attached hydrogens (tertiary/aromatic N) is 2. The van der Waals surface area contributed by atoms with Gasteiger partial charge in [-0.15, -0.1) is 11.6 Å². The van der Waals surface area contributed by atoms with E-state index in [2.05, 4.69) is 16.9 Å². The zero-order valence-electron chi connectivity index (χ0n) is 19.3. The average molecular weight is 445 g/mol. The van der Waals surface area contributed by atoms with Gasteiger partial charge in [-0.05, 0) is 49.1 Å². The van der Waals surface area contributed by atoms with Crippen molar-refractivity contribution in [1.29, 1.82) is 0 Å². The van der Waals surface area contributed by atoms with Crippen LogP contribution < -0.4 is 4.74 Å². The SMILES string of the molecule is CCCCCCCCCCc1cnc(-c2ccc(OC(=O)C(C)C(Cl)CC)cc2)nc1. The molecule has 2 rings (SSSR count). The Balaban J connectivity index is 1.77. The lowest BCUT2D eigenvalue weighted by Crippen LogP contribution is -2.25. The van der Waals surface area contributed by atoms with Crippen molar-refractivity contribution in [3.05, 3.63) is 42.2 Å². The Kier molecular flexibility index (Phi) is 11.6. The Morgan fingerprint density at radius 1 is 0.935 bits per heavy atom. The van der Waals surface area contributed by atoms with Crippen molar-refractivity contribution in [1.82, 2.24) is 9.97 Å². The van der Waals surface area contributed by atoms with Crippen molar-refractivity contribution in [2.24, 2.45) is 5.92 Å². The molecule has 0 aliphatic rings. The van der Waals surface area contributed by atoms with Gasteiger partial charge in [0.05, 0.1) is 5.92 Å². The molecular formula is C26H37ClN2O2. The molecule has 0 spiro atoms. The molecule has 2 aromatic rings. The van der Waals surface area contributed by atoms with Crippen LogP contribution in [-0.2, 0) is 11.2 Å². The fourth-order valence-electron chi connectivity index (χ4n) is 3.48. The van der Waals surface area contributed by atoms with E-state index in [1.54, 1.807) is 19.1 Å². The molecule has 0 saturated heterocycles. The predicted molar refractivity (Wildman–Crippen MR) is 129 cm³/mol. The molecule has 0 N–H and O–H groups in total. The van der Waals surface area contributed by atoms with Crippen LogP contribution in [0.25, 0.3) is 11.4 Å². The number of carbonyl (C=O) groups is 1. The third-order valence-electron chi connectivity index (χ3n) is 5.66. The molecule has 0 radical (unpaired) electrons. The van der Waals surface area contributed by atoms with E-state index in [4.69, 9.17) is 16.3 Å². The number of hydrogen-bond donors (Lipinski definition) is 0. The molecule has 170 valence electrons. The van der Waals surface area contributed by atoms with E-state index in [1.165, 1.54) is 56.9 Å². The number of rotatable bonds is 14. The van der Waals surface area contributed by atoms with Crippen LogP contribution in [0, 0.1) is 5.92 Å². The summed E-state index contributed by atoms with van der Waals surface area (Å²) in [6.07, 6.45) is 16.2. The van der Waals surface area contributed by atoms with Crippen molar-refractivity contribution < 1.29 is 9.53 Å². The molecular weight excluding hydrogens is 408 g/mol. The molecule has 0 saturated carbocycles. The van der Waals surface area contributed by atoms with Gasteiger partial charge in [0.25, 0.3) is 0 Å². The smallest absolute Gasteiger partial charge is 0.315 e. The highest BCUT2D eigenvalue weighted by molar-refractivity contribution is 6.21. The number of ether oxygens (including phenoxy) is 1. The molecule has 4 nitrogen and oxygen atoms in total. The number of aryl methyl sites for hydroxylation is 1. The number of carbonyl (C=O) groups excluding carboxylic acids is 1. The molecule has 0 aliphatic heterocycles. The minimum absolute atomic E-state index is 0.218. The number of esters is 1. The van der Waals surface area contributed by atoms with Crippen LogP contribution in [0.5, 0.6) is 5.75 Å². The van der Waals surface area contributed by atoms with Crippen LogP contribution >= 0.6 is 11.6 Å². The second kappa shape index (κ2) is 14.2. The van der Waals surface area contributed by atoms with Gasteiger partial charge in [0.2, 0.25) is 0 Å². The van der Waals surface area contributed by atoms with E-state index in [-0.39, 0.29) is 17.3 Å². The molecule has 0 aliphatic carbocycles. The van der Waals surface area contributed by atoms with Gasteiger partial charge < -0.3 is 4.74 Å². The molecule has 31 heavy (non-hydrogen) atoms. The number of alkyl halides is 1. The summed E-state index contributed by atoms with van der Waals surface area (Å²) >= 11 is 6.15. The Labute approximate surface area is 192 Å². The Bertz CT molecular complexity index is 762. The predicted octanol–water partition coefficient (Wildman–Crippen LogP) is 7.39. The van der Waals surface area contributed by atoms with Gasteiger partial charge in [-0.3, -0.25) is 4.79 Å². The van der Waals surface area contributed by atoms with Gasteiger partial charge in [-0.1, -0.05) is 65.7 Å². The monoisotopic (exact) mass is 444 g/mol. The normalized spacial score (nSPS) is 13.0. The topological polar surface area (TPSA) is 52.1 Å². The van der Waals surface area contributed by atoms with Gasteiger partial charge in [-0.2, -0.15) is 0 Å². The zero-order valence-corrected chi connectivity index (χ0v) is 20.0. The minimum atomic E-state index is -0.344. The van der Waals surface area contributed by atoms with Crippen LogP contribution in [-0.4, -0.2) is 21.3 Å². The van der Waals surface area contributed by atoms with Crippen LogP contribution in [0.2, 0.25) is 0 Å². The fourth-order valence-corrected chi connectivity index (χ4v) is 3.58. The second-order valence-corrected chi connectivity index (χ2v) is 8.86. The van der Waals surface area contributed by atoms with E-state index in [0.717, 1.165) is 18.4 Å². The molecule has 1 heterocycles. The first-order valence-electron chi connectivity index (χ1n) is 11.8. The first-order valence-corrected chi connectivity index (χ1v) is 12.3. The molecule has 2 atom stereocenters. The Morgan fingerprint density at radius 2 is 1.52 bits per heavy atom. The van der Waals surface area contributed by atoms with Crippen LogP contribution in [0.15, 0.2) is 36.7 Å². The van der Waals surface area contributed by atoms with Gasteiger partial charge in [0.15, 0.2) is 5.82 Å². The highest BCUT2D eigenvalue weighted by atomic mass is 35.5. The Morgan fingerprint density at radius 3 is 2.10 bits per heavy atom. The maximum Gasteiger partial charge on any atom is 0.315 e. The first kappa shape index (κ1) is 25.3. The molecule has 5 heteroatoms. The standard InChI is InChI=1S/C26H37ClN2O2/c1-4-6-7-8-9-10-11-12-13-21-18-28-25(29-19-21)22-14-16-23(17-15-22)31-26(30)20(3)24(27)5-2/h14-20,24H,4-13H2,1-3H3. The van der Waals surface area contributed by atoms with E-state index in [9.17, 15) is 4.79 Å². The van der Waals surface area contributed by atoms with Crippen LogP contribution in [0.4, 0.5) is 0 Å². The highest BCUT2D eigenvalue weighted by Gasteiger charge is 2.22. The van der Waals surface area contributed by atoms with Crippen molar-refractivity contribution in [3.8, 4) is 17.1 Å². The van der Waals surface area contributed by atoms with E-state index < -0.39 is 0 Å². The lowest BCUT2D eigenvalue weighted by atomic mass is 10.1. The molecule has 0 amide bonds. The summed E-state index contributed by atoms with van der Waals surface area (Å²) in [5.41, 5.74) is 2.08. The van der Waals surface area contributed by atoms with Crippen molar-refractivity contribution in [3.63, 3.8) is 0 Å². The molecule has 2 unspecified atom stereocenters. The number of halogens is 1. The van der Waals surface area contributed by atoms with E-state index in [0.29, 0.717) is 11.6 Å². The van der Waals surface area contributed by atoms with Gasteiger partial charge >= 0.3 is 5.97 Å². The van der Waals surface area contributed by atoms with E-state index >= 15 is 0 Å². The molecule has 0 bridgehead atoms. The van der Waals surface area contributed by atoms with Crippen LogP contribution in [0.3, 0.4) is 0 Å². The van der Waals surface area contributed by atoms with Crippen molar-refractivity contribution in [2.75, 3.05) is 0 Å². The minimum Gasteiger partial charge on any atom is -0.426 e. The first-order chi connectivity index (χ1) is 15.0. The number of unbranched alkanes of at least 4 members (excludes halogenated alkanes) is 7. The fraction of sp³-hybridized carbons (Fsp3) is 0.577. The maximum atomic E-state index is 12.2.